The molecule has 1 aromatic carbocycles. The largest absolute Gasteiger partial charge is 0.488 e. The van der Waals surface area contributed by atoms with Crippen LogP contribution in [0.2, 0.25) is 5.02 Å². The van der Waals surface area contributed by atoms with Crippen LogP contribution < -0.4 is 10.9 Å². The number of esters is 1. The predicted octanol–water partition coefficient (Wildman–Crippen LogP) is 2.94. The second-order valence-electron chi connectivity index (χ2n) is 5.32. The lowest BCUT2D eigenvalue weighted by atomic mass is 9.97. The van der Waals surface area contributed by atoms with Gasteiger partial charge in [-0.3, -0.25) is 0 Å². The van der Waals surface area contributed by atoms with Gasteiger partial charge in [0, 0.05) is 28.8 Å². The maximum atomic E-state index is 12.2. The van der Waals surface area contributed by atoms with E-state index in [9.17, 15) is 4.79 Å². The maximum absolute atomic E-state index is 12.2. The van der Waals surface area contributed by atoms with Gasteiger partial charge in [-0.25, -0.2) is 4.79 Å². The van der Waals surface area contributed by atoms with Crippen LogP contribution in [0.4, 0.5) is 0 Å². The second-order valence-corrected chi connectivity index (χ2v) is 5.75. The lowest BCUT2D eigenvalue weighted by Gasteiger charge is -2.25. The number of carbonyl (C=O) groups is 1. The molecule has 116 valence electrons. The molecule has 1 aromatic rings. The number of nitrogens with one attached hydrogen (secondary N) is 2. The van der Waals surface area contributed by atoms with Crippen LogP contribution in [-0.4, -0.2) is 12.6 Å². The van der Waals surface area contributed by atoms with Gasteiger partial charge in [0.2, 0.25) is 0 Å². The second kappa shape index (κ2) is 5.52. The monoisotopic (exact) mass is 328 g/mol. The fraction of sp³-hybridized carbons (Fsp3) is 0.118. The normalized spacial score (nSPS) is 18.4. The first kappa shape index (κ1) is 14.0. The van der Waals surface area contributed by atoms with E-state index in [4.69, 9.17) is 21.1 Å². The molecule has 23 heavy (non-hydrogen) atoms. The Bertz CT molecular complexity index is 804. The predicted molar refractivity (Wildman–Crippen MR) is 85.0 cm³/mol. The third-order valence-corrected chi connectivity index (χ3v) is 4.07. The van der Waals surface area contributed by atoms with E-state index in [-0.39, 0.29) is 0 Å². The number of carbonyl (C=O) groups excluding carboxylic acids is 1. The molecule has 2 heterocycles. The Hall–Kier alpha value is -2.66. The van der Waals surface area contributed by atoms with Crippen molar-refractivity contribution in [2.24, 2.45) is 0 Å². The van der Waals surface area contributed by atoms with Gasteiger partial charge in [-0.1, -0.05) is 11.6 Å². The van der Waals surface area contributed by atoms with Gasteiger partial charge < -0.3 is 20.3 Å². The molecule has 0 saturated carbocycles. The highest BCUT2D eigenvalue weighted by atomic mass is 35.5. The Morgan fingerprint density at radius 3 is 2.87 bits per heavy atom. The van der Waals surface area contributed by atoms with Crippen molar-refractivity contribution in [2.75, 3.05) is 6.61 Å². The molecule has 0 radical (unpaired) electrons. The minimum atomic E-state index is -0.402. The summed E-state index contributed by atoms with van der Waals surface area (Å²) in [7, 11) is 0. The molecule has 3 aliphatic rings. The smallest absolute Gasteiger partial charge is 0.343 e. The zero-order valence-corrected chi connectivity index (χ0v) is 12.8. The van der Waals surface area contributed by atoms with Crippen LogP contribution in [0.3, 0.4) is 0 Å². The van der Waals surface area contributed by atoms with Gasteiger partial charge in [0.1, 0.15) is 18.1 Å². The van der Waals surface area contributed by atoms with E-state index >= 15 is 0 Å². The average Bonchev–Trinajstić information content (AvgIpc) is 3.04. The van der Waals surface area contributed by atoms with Crippen molar-refractivity contribution in [3.63, 3.8) is 0 Å². The number of ether oxygens (including phenoxy) is 2. The number of benzene rings is 1. The van der Waals surface area contributed by atoms with Crippen molar-refractivity contribution in [1.82, 2.24) is 10.9 Å². The number of halogens is 1. The van der Waals surface area contributed by atoms with E-state index in [0.717, 1.165) is 22.6 Å². The summed E-state index contributed by atoms with van der Waals surface area (Å²) in [5.74, 6) is 0.981. The molecule has 2 aliphatic heterocycles. The highest BCUT2D eigenvalue weighted by Crippen LogP contribution is 2.35. The molecule has 0 amide bonds. The molecule has 0 aromatic heterocycles. The van der Waals surface area contributed by atoms with Crippen LogP contribution in [0.5, 0.6) is 0 Å². The summed E-state index contributed by atoms with van der Waals surface area (Å²) in [4.78, 5) is 12.2. The molecule has 4 rings (SSSR count). The Morgan fingerprint density at radius 1 is 1.22 bits per heavy atom. The fourth-order valence-corrected chi connectivity index (χ4v) is 2.78. The van der Waals surface area contributed by atoms with Gasteiger partial charge in [0.05, 0.1) is 11.3 Å². The van der Waals surface area contributed by atoms with Crippen molar-refractivity contribution in [3.8, 4) is 0 Å². The maximum Gasteiger partial charge on any atom is 0.343 e. The number of hydrogen-bond acceptors (Lipinski definition) is 5. The number of allylic oxidation sites excluding steroid dienone is 4. The molecule has 0 saturated heterocycles. The number of rotatable bonds is 2. The number of fused-ring (bicyclic) bond motifs is 2. The molecule has 0 bridgehead atoms. The van der Waals surface area contributed by atoms with E-state index in [1.807, 2.05) is 12.3 Å². The quantitative estimate of drug-likeness (QED) is 0.817. The molecule has 0 fully saturated rings. The molecular formula is C17H13ClN2O3. The molecule has 5 nitrogen and oxygen atoms in total. The van der Waals surface area contributed by atoms with E-state index in [0.29, 0.717) is 29.4 Å². The van der Waals surface area contributed by atoms with Crippen LogP contribution in [0.15, 0.2) is 71.0 Å². The zero-order chi connectivity index (χ0) is 15.8. The molecule has 0 spiro atoms. The third kappa shape index (κ3) is 2.59. The van der Waals surface area contributed by atoms with Gasteiger partial charge in [0.25, 0.3) is 0 Å². The third-order valence-electron chi connectivity index (χ3n) is 3.82. The van der Waals surface area contributed by atoms with Crippen LogP contribution in [-0.2, 0) is 9.47 Å². The molecule has 2 N–H and O–H groups in total. The van der Waals surface area contributed by atoms with Gasteiger partial charge in [-0.15, -0.1) is 0 Å². The summed E-state index contributed by atoms with van der Waals surface area (Å²) in [6, 6.07) is 6.61. The Morgan fingerprint density at radius 2 is 2.04 bits per heavy atom. The summed E-state index contributed by atoms with van der Waals surface area (Å²) in [6.45, 7) is 0.526. The number of hydrazine groups is 1. The lowest BCUT2D eigenvalue weighted by Crippen LogP contribution is -2.25. The van der Waals surface area contributed by atoms with Crippen molar-refractivity contribution < 1.29 is 14.3 Å². The lowest BCUT2D eigenvalue weighted by molar-refractivity contribution is 0.0615. The van der Waals surface area contributed by atoms with Gasteiger partial charge >= 0.3 is 5.97 Å². The first-order chi connectivity index (χ1) is 11.2. The summed E-state index contributed by atoms with van der Waals surface area (Å²) < 4.78 is 11.2. The minimum Gasteiger partial charge on any atom is -0.488 e. The van der Waals surface area contributed by atoms with E-state index in [2.05, 4.69) is 10.9 Å². The Kier molecular flexibility index (Phi) is 3.35. The van der Waals surface area contributed by atoms with E-state index in [1.165, 1.54) is 0 Å². The van der Waals surface area contributed by atoms with Crippen molar-refractivity contribution >= 4 is 17.6 Å². The average molecular weight is 329 g/mol. The molecule has 6 heteroatoms. The molecular weight excluding hydrogens is 316 g/mol. The van der Waals surface area contributed by atoms with Crippen LogP contribution in [0.1, 0.15) is 16.8 Å². The van der Waals surface area contributed by atoms with Gasteiger partial charge in [0.15, 0.2) is 0 Å². The van der Waals surface area contributed by atoms with Crippen molar-refractivity contribution in [2.45, 2.75) is 6.42 Å². The van der Waals surface area contributed by atoms with Crippen molar-refractivity contribution in [3.05, 3.63) is 81.6 Å². The molecule has 0 atom stereocenters. The SMILES string of the molecule is O=C(OC1=CC=C2OCC3=CNNC3=C2C1)c1ccc(Cl)cc1. The van der Waals surface area contributed by atoms with E-state index < -0.39 is 5.97 Å². The molecule has 0 unspecified atom stereocenters. The van der Waals surface area contributed by atoms with Gasteiger partial charge in [-0.2, -0.15) is 0 Å². The van der Waals surface area contributed by atoms with Crippen LogP contribution in [0.25, 0.3) is 0 Å². The highest BCUT2D eigenvalue weighted by Gasteiger charge is 2.28. The standard InChI is InChI=1S/C17H13ClN2O3/c18-12-3-1-10(2-4-12)17(21)23-13-5-6-15-14(7-13)16-11(9-22-15)8-19-20-16/h1-6,8,19-20H,7,9H2. The Labute approximate surface area is 137 Å². The first-order valence-corrected chi connectivity index (χ1v) is 7.54. The Balaban J connectivity index is 1.55. The fourth-order valence-electron chi connectivity index (χ4n) is 2.66. The summed E-state index contributed by atoms with van der Waals surface area (Å²) in [5.41, 5.74) is 9.57. The van der Waals surface area contributed by atoms with Gasteiger partial charge in [-0.05, 0) is 36.4 Å². The minimum absolute atomic E-state index is 0.402. The number of hydrogen-bond donors (Lipinski definition) is 2. The van der Waals surface area contributed by atoms with Crippen LogP contribution >= 0.6 is 11.6 Å². The van der Waals surface area contributed by atoms with Crippen molar-refractivity contribution in [1.29, 1.82) is 0 Å². The summed E-state index contributed by atoms with van der Waals surface area (Å²) in [5, 5.41) is 0.580. The summed E-state index contributed by atoms with van der Waals surface area (Å²) >= 11 is 5.83. The summed E-state index contributed by atoms with van der Waals surface area (Å²) in [6.07, 6.45) is 5.96. The van der Waals surface area contributed by atoms with Crippen LogP contribution in [0, 0.1) is 0 Å². The first-order valence-electron chi connectivity index (χ1n) is 7.16. The molecule has 1 aliphatic carbocycles. The van der Waals surface area contributed by atoms with E-state index in [1.54, 1.807) is 30.3 Å². The zero-order valence-electron chi connectivity index (χ0n) is 12.1. The highest BCUT2D eigenvalue weighted by molar-refractivity contribution is 6.30. The topological polar surface area (TPSA) is 59.6 Å².